The summed E-state index contributed by atoms with van der Waals surface area (Å²) in [4.78, 5) is 22.3. The molecule has 4 nitrogen and oxygen atoms in total. The number of carbonyl (C=O) groups is 2. The molecule has 0 saturated carbocycles. The third-order valence-electron chi connectivity index (χ3n) is 6.71. The molecule has 30 heavy (non-hydrogen) atoms. The number of unbranched alkanes of at least 4 members (excludes halogenated alkanes) is 9. The highest BCUT2D eigenvalue weighted by Crippen LogP contribution is 2.29. The molecule has 0 aromatic carbocycles. The van der Waals surface area contributed by atoms with Crippen LogP contribution in [0.1, 0.15) is 136 Å². The van der Waals surface area contributed by atoms with Crippen LogP contribution < -0.4 is 0 Å². The lowest BCUT2D eigenvalue weighted by atomic mass is 9.81. The van der Waals surface area contributed by atoms with E-state index in [0.29, 0.717) is 18.3 Å². The first-order valence-corrected chi connectivity index (χ1v) is 12.9. The van der Waals surface area contributed by atoms with Gasteiger partial charge in [0.05, 0.1) is 5.92 Å². The van der Waals surface area contributed by atoms with Crippen molar-refractivity contribution in [3.05, 3.63) is 0 Å². The van der Waals surface area contributed by atoms with Gasteiger partial charge in [0.15, 0.2) is 0 Å². The number of carboxylic acids is 2. The van der Waals surface area contributed by atoms with Gasteiger partial charge in [-0.15, -0.1) is 0 Å². The van der Waals surface area contributed by atoms with E-state index in [2.05, 4.69) is 20.8 Å². The van der Waals surface area contributed by atoms with Gasteiger partial charge >= 0.3 is 11.9 Å². The van der Waals surface area contributed by atoms with Crippen molar-refractivity contribution in [3.8, 4) is 0 Å². The van der Waals surface area contributed by atoms with Crippen molar-refractivity contribution < 1.29 is 19.8 Å². The second-order valence-electron chi connectivity index (χ2n) is 9.31. The number of rotatable bonds is 22. The summed E-state index contributed by atoms with van der Waals surface area (Å²) in [5.41, 5.74) is 0. The summed E-state index contributed by atoms with van der Waals surface area (Å²) in [7, 11) is 0. The zero-order valence-corrected chi connectivity index (χ0v) is 20.2. The van der Waals surface area contributed by atoms with Crippen LogP contribution in [0.2, 0.25) is 0 Å². The maximum absolute atomic E-state index is 11.8. The molecule has 0 aromatic heterocycles. The van der Waals surface area contributed by atoms with Gasteiger partial charge in [-0.1, -0.05) is 111 Å². The van der Waals surface area contributed by atoms with E-state index < -0.39 is 11.9 Å². The molecule has 0 rings (SSSR count). The fraction of sp³-hybridized carbons (Fsp3) is 0.923. The molecule has 0 fully saturated rings. The van der Waals surface area contributed by atoms with E-state index in [1.807, 2.05) is 0 Å². The first-order chi connectivity index (χ1) is 14.4. The number of carboxylic acid groups (broad SMARTS) is 2. The van der Waals surface area contributed by atoms with E-state index in [9.17, 15) is 14.7 Å². The second kappa shape index (κ2) is 19.9. The highest BCUT2D eigenvalue weighted by Gasteiger charge is 2.24. The van der Waals surface area contributed by atoms with Crippen molar-refractivity contribution in [3.63, 3.8) is 0 Å². The van der Waals surface area contributed by atoms with Gasteiger partial charge in [-0.05, 0) is 31.1 Å². The summed E-state index contributed by atoms with van der Waals surface area (Å²) in [6.45, 7) is 6.62. The molecule has 2 N–H and O–H groups in total. The molecule has 0 aliphatic carbocycles. The van der Waals surface area contributed by atoms with Crippen molar-refractivity contribution in [2.75, 3.05) is 0 Å². The zero-order chi connectivity index (χ0) is 22.6. The van der Waals surface area contributed by atoms with Crippen LogP contribution in [0.4, 0.5) is 0 Å². The van der Waals surface area contributed by atoms with E-state index >= 15 is 0 Å². The van der Waals surface area contributed by atoms with Gasteiger partial charge in [-0.3, -0.25) is 9.59 Å². The molecule has 0 aromatic rings. The highest BCUT2D eigenvalue weighted by atomic mass is 16.4. The van der Waals surface area contributed by atoms with E-state index in [1.165, 1.54) is 64.2 Å². The Hall–Kier alpha value is -1.06. The molecule has 0 aliphatic rings. The fourth-order valence-corrected chi connectivity index (χ4v) is 4.52. The Morgan fingerprint density at radius 1 is 0.633 bits per heavy atom. The summed E-state index contributed by atoms with van der Waals surface area (Å²) < 4.78 is 0. The SMILES string of the molecule is CCCCC(CC)CC(CC(CC)CCCCCCCCCCCC(=O)O)C(=O)O. The normalized spacial score (nSPS) is 14.4. The Bertz CT molecular complexity index is 421. The molecule has 0 spiro atoms. The Morgan fingerprint density at radius 2 is 1.07 bits per heavy atom. The Labute approximate surface area is 186 Å². The lowest BCUT2D eigenvalue weighted by Gasteiger charge is -2.24. The Kier molecular flexibility index (Phi) is 19.2. The molecule has 0 saturated heterocycles. The average molecular weight is 427 g/mol. The van der Waals surface area contributed by atoms with Crippen LogP contribution in [-0.2, 0) is 9.59 Å². The second-order valence-corrected chi connectivity index (χ2v) is 9.31. The maximum Gasteiger partial charge on any atom is 0.306 e. The van der Waals surface area contributed by atoms with Crippen molar-refractivity contribution in [2.24, 2.45) is 17.8 Å². The van der Waals surface area contributed by atoms with Gasteiger partial charge in [-0.2, -0.15) is 0 Å². The molecular formula is C26H50O4. The standard InChI is InChI=1S/C26H50O4/c1-4-7-17-22(5-2)20-24(26(29)30)21-23(6-3)18-15-13-11-9-8-10-12-14-16-19-25(27)28/h22-24H,4-21H2,1-3H3,(H,27,28)(H,29,30). The summed E-state index contributed by atoms with van der Waals surface area (Å²) in [6, 6.07) is 0. The van der Waals surface area contributed by atoms with E-state index in [-0.39, 0.29) is 5.92 Å². The Morgan fingerprint density at radius 3 is 1.47 bits per heavy atom. The number of hydrogen-bond donors (Lipinski definition) is 2. The van der Waals surface area contributed by atoms with E-state index in [1.54, 1.807) is 0 Å². The predicted octanol–water partition coefficient (Wildman–Crippen LogP) is 8.09. The van der Waals surface area contributed by atoms with Crippen molar-refractivity contribution in [2.45, 2.75) is 136 Å². The van der Waals surface area contributed by atoms with Gasteiger partial charge in [-0.25, -0.2) is 0 Å². The van der Waals surface area contributed by atoms with Crippen LogP contribution >= 0.6 is 0 Å². The number of aliphatic carboxylic acids is 2. The van der Waals surface area contributed by atoms with Crippen molar-refractivity contribution >= 4 is 11.9 Å². The molecule has 3 atom stereocenters. The fourth-order valence-electron chi connectivity index (χ4n) is 4.52. The lowest BCUT2D eigenvalue weighted by molar-refractivity contribution is -0.143. The Balaban J connectivity index is 3.95. The third-order valence-corrected chi connectivity index (χ3v) is 6.71. The van der Waals surface area contributed by atoms with Crippen LogP contribution in [-0.4, -0.2) is 22.2 Å². The van der Waals surface area contributed by atoms with Crippen LogP contribution in [0.3, 0.4) is 0 Å². The molecule has 178 valence electrons. The summed E-state index contributed by atoms with van der Waals surface area (Å²) in [5, 5.41) is 18.4. The van der Waals surface area contributed by atoms with Crippen LogP contribution in [0.15, 0.2) is 0 Å². The van der Waals surface area contributed by atoms with E-state index in [4.69, 9.17) is 5.11 Å². The third kappa shape index (κ3) is 16.7. The minimum Gasteiger partial charge on any atom is -0.481 e. The van der Waals surface area contributed by atoms with Crippen LogP contribution in [0, 0.1) is 17.8 Å². The molecule has 0 heterocycles. The van der Waals surface area contributed by atoms with Gasteiger partial charge in [0, 0.05) is 6.42 Å². The minimum absolute atomic E-state index is 0.169. The summed E-state index contributed by atoms with van der Waals surface area (Å²) in [6.07, 6.45) is 19.4. The molecule has 3 unspecified atom stereocenters. The van der Waals surface area contributed by atoms with Gasteiger partial charge in [0.2, 0.25) is 0 Å². The van der Waals surface area contributed by atoms with Crippen molar-refractivity contribution in [1.29, 1.82) is 0 Å². The lowest BCUT2D eigenvalue weighted by Crippen LogP contribution is -2.21. The topological polar surface area (TPSA) is 74.6 Å². The quantitative estimate of drug-likeness (QED) is 0.172. The molecule has 0 radical (unpaired) electrons. The molecule has 4 heteroatoms. The molecule has 0 amide bonds. The van der Waals surface area contributed by atoms with Crippen LogP contribution in [0.5, 0.6) is 0 Å². The van der Waals surface area contributed by atoms with Gasteiger partial charge in [0.25, 0.3) is 0 Å². The molecular weight excluding hydrogens is 376 g/mol. The smallest absolute Gasteiger partial charge is 0.306 e. The molecule has 0 bridgehead atoms. The minimum atomic E-state index is -0.684. The first-order valence-electron chi connectivity index (χ1n) is 12.9. The number of hydrogen-bond acceptors (Lipinski definition) is 2. The molecule has 0 aliphatic heterocycles. The maximum atomic E-state index is 11.8. The van der Waals surface area contributed by atoms with Gasteiger partial charge < -0.3 is 10.2 Å². The average Bonchev–Trinajstić information content (AvgIpc) is 2.72. The van der Waals surface area contributed by atoms with Crippen molar-refractivity contribution in [1.82, 2.24) is 0 Å². The summed E-state index contributed by atoms with van der Waals surface area (Å²) >= 11 is 0. The predicted molar refractivity (Wildman–Crippen MR) is 126 cm³/mol. The van der Waals surface area contributed by atoms with Crippen LogP contribution in [0.25, 0.3) is 0 Å². The first kappa shape index (κ1) is 28.9. The monoisotopic (exact) mass is 426 g/mol. The zero-order valence-electron chi connectivity index (χ0n) is 20.2. The summed E-state index contributed by atoms with van der Waals surface area (Å²) in [5.74, 6) is -0.335. The van der Waals surface area contributed by atoms with Gasteiger partial charge in [0.1, 0.15) is 0 Å². The van der Waals surface area contributed by atoms with E-state index in [0.717, 1.165) is 44.9 Å². The largest absolute Gasteiger partial charge is 0.481 e. The highest BCUT2D eigenvalue weighted by molar-refractivity contribution is 5.70.